The number of ether oxygens (including phenoxy) is 1. The molecule has 2 aromatic heterocycles. The number of rotatable bonds is 6. The van der Waals surface area contributed by atoms with Crippen LogP contribution in [-0.2, 0) is 4.79 Å². The van der Waals surface area contributed by atoms with Crippen LogP contribution in [0, 0.1) is 6.92 Å². The SMILES string of the molecule is Cc1cc(Cl)ccc1O[C@H](C)C(=O)Nc1ccc(-c2nnc(-c3ccco3)o2)cc1. The first-order valence-electron chi connectivity index (χ1n) is 9.21. The van der Waals surface area contributed by atoms with Gasteiger partial charge in [-0.05, 0) is 74.0 Å². The Kier molecular flexibility index (Phi) is 5.54. The molecular formula is C22H18ClN3O4. The van der Waals surface area contributed by atoms with Crippen LogP contribution in [0.2, 0.25) is 5.02 Å². The fourth-order valence-electron chi connectivity index (χ4n) is 2.77. The molecule has 4 aromatic rings. The minimum absolute atomic E-state index is 0.269. The molecule has 0 saturated carbocycles. The lowest BCUT2D eigenvalue weighted by atomic mass is 10.2. The summed E-state index contributed by atoms with van der Waals surface area (Å²) in [6.07, 6.45) is 0.853. The highest BCUT2D eigenvalue weighted by Crippen LogP contribution is 2.26. The first kappa shape index (κ1) is 19.7. The largest absolute Gasteiger partial charge is 0.481 e. The molecule has 0 bridgehead atoms. The van der Waals surface area contributed by atoms with Crippen molar-refractivity contribution in [3.63, 3.8) is 0 Å². The number of aryl methyl sites for hydroxylation is 1. The summed E-state index contributed by atoms with van der Waals surface area (Å²) in [7, 11) is 0. The first-order chi connectivity index (χ1) is 14.5. The molecule has 0 aliphatic heterocycles. The van der Waals surface area contributed by atoms with Gasteiger partial charge in [0, 0.05) is 16.3 Å². The van der Waals surface area contributed by atoms with E-state index in [1.54, 1.807) is 61.5 Å². The lowest BCUT2D eigenvalue weighted by Gasteiger charge is -2.16. The van der Waals surface area contributed by atoms with Crippen molar-refractivity contribution in [3.05, 3.63) is 71.4 Å². The molecule has 152 valence electrons. The van der Waals surface area contributed by atoms with Crippen LogP contribution in [0.5, 0.6) is 5.75 Å². The second-order valence-corrected chi connectivity index (χ2v) is 7.06. The average Bonchev–Trinajstić information content (AvgIpc) is 3.42. The topological polar surface area (TPSA) is 90.4 Å². The molecule has 0 fully saturated rings. The predicted molar refractivity (Wildman–Crippen MR) is 112 cm³/mol. The molecule has 4 rings (SSSR count). The van der Waals surface area contributed by atoms with Gasteiger partial charge in [-0.2, -0.15) is 0 Å². The van der Waals surface area contributed by atoms with E-state index in [1.165, 1.54) is 6.26 Å². The van der Waals surface area contributed by atoms with Gasteiger partial charge in [0.2, 0.25) is 5.89 Å². The highest BCUT2D eigenvalue weighted by molar-refractivity contribution is 6.30. The number of nitrogens with zero attached hydrogens (tertiary/aromatic N) is 2. The number of hydrogen-bond acceptors (Lipinski definition) is 6. The lowest BCUT2D eigenvalue weighted by Crippen LogP contribution is -2.30. The summed E-state index contributed by atoms with van der Waals surface area (Å²) in [6.45, 7) is 3.56. The molecule has 0 unspecified atom stereocenters. The standard InChI is InChI=1S/C22H18ClN3O4/c1-13-12-16(23)7-10-18(13)29-14(2)20(27)24-17-8-5-15(6-9-17)21-25-26-22(30-21)19-4-3-11-28-19/h3-12,14H,1-2H3,(H,24,27)/t14-/m1/s1. The van der Waals surface area contributed by atoms with E-state index in [2.05, 4.69) is 15.5 Å². The van der Waals surface area contributed by atoms with Gasteiger partial charge in [-0.3, -0.25) is 4.79 Å². The van der Waals surface area contributed by atoms with Crippen molar-refractivity contribution in [2.24, 2.45) is 0 Å². The van der Waals surface area contributed by atoms with Crippen molar-refractivity contribution in [2.45, 2.75) is 20.0 Å². The van der Waals surface area contributed by atoms with Crippen molar-refractivity contribution in [3.8, 4) is 28.9 Å². The molecule has 1 atom stereocenters. The van der Waals surface area contributed by atoms with E-state index in [0.29, 0.717) is 34.0 Å². The van der Waals surface area contributed by atoms with Gasteiger partial charge in [0.25, 0.3) is 11.8 Å². The van der Waals surface area contributed by atoms with Crippen molar-refractivity contribution in [1.29, 1.82) is 0 Å². The molecule has 0 spiro atoms. The predicted octanol–water partition coefficient (Wildman–Crippen LogP) is 5.36. The highest BCUT2D eigenvalue weighted by Gasteiger charge is 2.17. The molecule has 30 heavy (non-hydrogen) atoms. The Hall–Kier alpha value is -3.58. The van der Waals surface area contributed by atoms with Gasteiger partial charge in [0.1, 0.15) is 5.75 Å². The first-order valence-corrected chi connectivity index (χ1v) is 9.59. The van der Waals surface area contributed by atoms with E-state index in [4.69, 9.17) is 25.2 Å². The van der Waals surface area contributed by atoms with Gasteiger partial charge in [-0.1, -0.05) is 11.6 Å². The van der Waals surface area contributed by atoms with E-state index in [9.17, 15) is 4.79 Å². The summed E-state index contributed by atoms with van der Waals surface area (Å²) < 4.78 is 16.6. The number of carbonyl (C=O) groups is 1. The van der Waals surface area contributed by atoms with Crippen LogP contribution >= 0.6 is 11.6 Å². The third kappa shape index (κ3) is 4.36. The molecule has 8 heteroatoms. The molecular weight excluding hydrogens is 406 g/mol. The molecule has 0 aliphatic carbocycles. The zero-order valence-corrected chi connectivity index (χ0v) is 17.0. The van der Waals surface area contributed by atoms with Crippen LogP contribution < -0.4 is 10.1 Å². The number of benzene rings is 2. The molecule has 2 aromatic carbocycles. The summed E-state index contributed by atoms with van der Waals surface area (Å²) in [5.74, 6) is 1.50. The zero-order chi connectivity index (χ0) is 21.1. The van der Waals surface area contributed by atoms with E-state index in [1.807, 2.05) is 6.92 Å². The maximum atomic E-state index is 12.5. The van der Waals surface area contributed by atoms with Gasteiger partial charge < -0.3 is 18.9 Å². The Balaban J connectivity index is 1.40. The fraction of sp³-hybridized carbons (Fsp3) is 0.136. The van der Waals surface area contributed by atoms with Gasteiger partial charge in [-0.15, -0.1) is 10.2 Å². The number of anilines is 1. The van der Waals surface area contributed by atoms with Gasteiger partial charge in [-0.25, -0.2) is 0 Å². The van der Waals surface area contributed by atoms with E-state index < -0.39 is 6.10 Å². The normalized spacial score (nSPS) is 11.8. The maximum Gasteiger partial charge on any atom is 0.283 e. The number of amides is 1. The summed E-state index contributed by atoms with van der Waals surface area (Å²) in [6, 6.07) is 15.8. The second kappa shape index (κ2) is 8.42. The number of carbonyl (C=O) groups excluding carboxylic acids is 1. The monoisotopic (exact) mass is 423 g/mol. The van der Waals surface area contributed by atoms with Gasteiger partial charge in [0.05, 0.1) is 6.26 Å². The number of nitrogens with one attached hydrogen (secondary N) is 1. The Morgan fingerprint density at radius 2 is 1.87 bits per heavy atom. The highest BCUT2D eigenvalue weighted by atomic mass is 35.5. The van der Waals surface area contributed by atoms with Crippen LogP contribution in [0.15, 0.2) is 69.7 Å². The number of furan rings is 1. The van der Waals surface area contributed by atoms with Crippen molar-refractivity contribution >= 4 is 23.2 Å². The second-order valence-electron chi connectivity index (χ2n) is 6.63. The molecule has 1 amide bonds. The number of hydrogen-bond donors (Lipinski definition) is 1. The van der Waals surface area contributed by atoms with E-state index >= 15 is 0 Å². The maximum absolute atomic E-state index is 12.5. The Morgan fingerprint density at radius 3 is 2.57 bits per heavy atom. The van der Waals surface area contributed by atoms with Gasteiger partial charge in [0.15, 0.2) is 11.9 Å². The molecule has 0 saturated heterocycles. The molecule has 0 aliphatic rings. The van der Waals surface area contributed by atoms with Gasteiger partial charge >= 0.3 is 0 Å². The molecule has 0 radical (unpaired) electrons. The average molecular weight is 424 g/mol. The number of halogens is 1. The summed E-state index contributed by atoms with van der Waals surface area (Å²) in [5.41, 5.74) is 2.21. The Morgan fingerprint density at radius 1 is 1.10 bits per heavy atom. The molecule has 1 N–H and O–H groups in total. The Bertz CT molecular complexity index is 1150. The van der Waals surface area contributed by atoms with Crippen LogP contribution in [0.3, 0.4) is 0 Å². The summed E-state index contributed by atoms with van der Waals surface area (Å²) in [5, 5.41) is 11.5. The van der Waals surface area contributed by atoms with Crippen LogP contribution in [0.4, 0.5) is 5.69 Å². The van der Waals surface area contributed by atoms with Crippen LogP contribution in [0.25, 0.3) is 23.1 Å². The fourth-order valence-corrected chi connectivity index (χ4v) is 3.00. The minimum atomic E-state index is -0.684. The van der Waals surface area contributed by atoms with E-state index in [-0.39, 0.29) is 5.91 Å². The van der Waals surface area contributed by atoms with Crippen molar-refractivity contribution in [2.75, 3.05) is 5.32 Å². The van der Waals surface area contributed by atoms with Crippen molar-refractivity contribution < 1.29 is 18.4 Å². The zero-order valence-electron chi connectivity index (χ0n) is 16.3. The molecule has 2 heterocycles. The smallest absolute Gasteiger partial charge is 0.283 e. The quantitative estimate of drug-likeness (QED) is 0.448. The van der Waals surface area contributed by atoms with Crippen molar-refractivity contribution in [1.82, 2.24) is 10.2 Å². The molecule has 7 nitrogen and oxygen atoms in total. The van der Waals surface area contributed by atoms with Crippen LogP contribution in [-0.4, -0.2) is 22.2 Å². The lowest BCUT2D eigenvalue weighted by molar-refractivity contribution is -0.122. The minimum Gasteiger partial charge on any atom is -0.481 e. The Labute approximate surface area is 177 Å². The van der Waals surface area contributed by atoms with Crippen LogP contribution in [0.1, 0.15) is 12.5 Å². The number of aromatic nitrogens is 2. The summed E-state index contributed by atoms with van der Waals surface area (Å²) in [4.78, 5) is 12.5. The third-order valence-corrected chi connectivity index (χ3v) is 4.60. The van der Waals surface area contributed by atoms with E-state index in [0.717, 1.165) is 11.1 Å². The third-order valence-electron chi connectivity index (χ3n) is 4.37. The summed E-state index contributed by atoms with van der Waals surface area (Å²) >= 11 is 5.95.